The Hall–Kier alpha value is -2.04. The first kappa shape index (κ1) is 11.0. The molecule has 1 aromatic rings. The lowest BCUT2D eigenvalue weighted by molar-refractivity contribution is -0.138. The Kier molecular flexibility index (Phi) is 3.28. The molecule has 0 fully saturated rings. The fraction of sp³-hybridized carbons (Fsp3) is 0.200. The maximum atomic E-state index is 10.7. The zero-order valence-corrected chi connectivity index (χ0v) is 8.23. The van der Waals surface area contributed by atoms with Crippen LogP contribution >= 0.6 is 0 Å². The largest absolute Gasteiger partial charge is 0.481 e. The van der Waals surface area contributed by atoms with Gasteiger partial charge >= 0.3 is 12.0 Å². The molecule has 15 heavy (non-hydrogen) atoms. The van der Waals surface area contributed by atoms with E-state index < -0.39 is 17.9 Å². The van der Waals surface area contributed by atoms with E-state index in [0.717, 1.165) is 0 Å². The molecule has 5 nitrogen and oxygen atoms in total. The maximum Gasteiger partial charge on any atom is 0.316 e. The lowest BCUT2D eigenvalue weighted by Crippen LogP contribution is -2.19. The van der Waals surface area contributed by atoms with Crippen molar-refractivity contribution in [3.8, 4) is 0 Å². The summed E-state index contributed by atoms with van der Waals surface area (Å²) in [6.07, 6.45) is 0. The van der Waals surface area contributed by atoms with Gasteiger partial charge in [-0.2, -0.15) is 0 Å². The Morgan fingerprint density at radius 1 is 1.33 bits per heavy atom. The minimum Gasteiger partial charge on any atom is -0.481 e. The van der Waals surface area contributed by atoms with Crippen molar-refractivity contribution >= 4 is 17.7 Å². The van der Waals surface area contributed by atoms with Crippen LogP contribution in [0.25, 0.3) is 0 Å². The number of carbonyl (C=O) groups is 2. The third-order valence-electron chi connectivity index (χ3n) is 2.05. The molecule has 0 aliphatic heterocycles. The molecule has 2 amide bonds. The number of aliphatic carboxylic acids is 1. The molecule has 0 aliphatic carbocycles. The van der Waals surface area contributed by atoms with Gasteiger partial charge in [0, 0.05) is 5.69 Å². The van der Waals surface area contributed by atoms with E-state index in [9.17, 15) is 9.59 Å². The Labute approximate surface area is 86.9 Å². The summed E-state index contributed by atoms with van der Waals surface area (Å²) >= 11 is 0. The van der Waals surface area contributed by atoms with Crippen LogP contribution in [0.1, 0.15) is 18.4 Å². The van der Waals surface area contributed by atoms with Gasteiger partial charge in [0.25, 0.3) is 0 Å². The summed E-state index contributed by atoms with van der Waals surface area (Å²) in [5.74, 6) is -1.45. The highest BCUT2D eigenvalue weighted by molar-refractivity contribution is 5.87. The average molecular weight is 208 g/mol. The number of amides is 2. The first-order valence-corrected chi connectivity index (χ1v) is 4.40. The summed E-state index contributed by atoms with van der Waals surface area (Å²) < 4.78 is 0. The van der Waals surface area contributed by atoms with Crippen molar-refractivity contribution in [2.45, 2.75) is 12.8 Å². The number of carboxylic acids is 1. The van der Waals surface area contributed by atoms with Crippen LogP contribution in [0.4, 0.5) is 10.5 Å². The number of carbonyl (C=O) groups excluding carboxylic acids is 1. The number of hydrogen-bond acceptors (Lipinski definition) is 2. The SMILES string of the molecule is C[C@@H](C(=O)O)c1ccc(NC(N)=O)cc1. The summed E-state index contributed by atoms with van der Waals surface area (Å²) in [4.78, 5) is 21.2. The summed E-state index contributed by atoms with van der Waals surface area (Å²) in [7, 11) is 0. The number of carboxylic acid groups (broad SMARTS) is 1. The number of nitrogens with one attached hydrogen (secondary N) is 1. The van der Waals surface area contributed by atoms with E-state index in [0.29, 0.717) is 11.3 Å². The first-order valence-electron chi connectivity index (χ1n) is 4.40. The fourth-order valence-corrected chi connectivity index (χ4v) is 1.14. The van der Waals surface area contributed by atoms with E-state index in [1.54, 1.807) is 31.2 Å². The van der Waals surface area contributed by atoms with Crippen LogP contribution in [-0.4, -0.2) is 17.1 Å². The molecule has 4 N–H and O–H groups in total. The number of hydrogen-bond donors (Lipinski definition) is 3. The minimum atomic E-state index is -0.884. The standard InChI is InChI=1S/C10H12N2O3/c1-6(9(13)14)7-2-4-8(5-3-7)12-10(11)15/h2-6H,1H3,(H,13,14)(H3,11,12,15)/t6-/m1/s1. The molecule has 0 heterocycles. The molecular weight excluding hydrogens is 196 g/mol. The zero-order chi connectivity index (χ0) is 11.4. The molecule has 0 unspecified atom stereocenters. The molecule has 80 valence electrons. The molecule has 0 radical (unpaired) electrons. The van der Waals surface area contributed by atoms with Crippen molar-refractivity contribution in [2.24, 2.45) is 5.73 Å². The molecular formula is C10H12N2O3. The fourth-order valence-electron chi connectivity index (χ4n) is 1.14. The Morgan fingerprint density at radius 2 is 1.87 bits per heavy atom. The highest BCUT2D eigenvalue weighted by Crippen LogP contribution is 2.17. The third kappa shape index (κ3) is 2.98. The minimum absolute atomic E-state index is 0.545. The molecule has 1 rings (SSSR count). The predicted molar refractivity (Wildman–Crippen MR) is 55.7 cm³/mol. The maximum absolute atomic E-state index is 10.7. The molecule has 0 aromatic heterocycles. The van der Waals surface area contributed by atoms with Gasteiger partial charge in [-0.05, 0) is 24.6 Å². The van der Waals surface area contributed by atoms with Crippen molar-refractivity contribution in [1.29, 1.82) is 0 Å². The molecule has 0 saturated carbocycles. The predicted octanol–water partition coefficient (Wildman–Crippen LogP) is 1.37. The zero-order valence-electron chi connectivity index (χ0n) is 8.23. The monoisotopic (exact) mass is 208 g/mol. The van der Waals surface area contributed by atoms with E-state index in [-0.39, 0.29) is 0 Å². The number of urea groups is 1. The molecule has 0 saturated heterocycles. The van der Waals surface area contributed by atoms with Crippen molar-refractivity contribution in [3.63, 3.8) is 0 Å². The topological polar surface area (TPSA) is 92.4 Å². The molecule has 1 aromatic carbocycles. The summed E-state index contributed by atoms with van der Waals surface area (Å²) in [6.45, 7) is 1.60. The van der Waals surface area contributed by atoms with Gasteiger partial charge in [0.2, 0.25) is 0 Å². The van der Waals surface area contributed by atoms with E-state index in [1.165, 1.54) is 0 Å². The van der Waals surface area contributed by atoms with Crippen LogP contribution in [0.15, 0.2) is 24.3 Å². The number of benzene rings is 1. The number of rotatable bonds is 3. The molecule has 5 heteroatoms. The van der Waals surface area contributed by atoms with Crippen molar-refractivity contribution in [2.75, 3.05) is 5.32 Å². The van der Waals surface area contributed by atoms with Crippen molar-refractivity contribution in [3.05, 3.63) is 29.8 Å². The summed E-state index contributed by atoms with van der Waals surface area (Å²) in [6, 6.07) is 5.86. The Balaban J connectivity index is 2.80. The second-order valence-corrected chi connectivity index (χ2v) is 3.17. The molecule has 1 atom stereocenters. The van der Waals surface area contributed by atoms with Gasteiger partial charge in [0.15, 0.2) is 0 Å². The summed E-state index contributed by atoms with van der Waals surface area (Å²) in [5.41, 5.74) is 6.15. The van der Waals surface area contributed by atoms with E-state index >= 15 is 0 Å². The molecule has 0 spiro atoms. The normalized spacial score (nSPS) is 11.8. The Bertz CT molecular complexity index is 373. The van der Waals surface area contributed by atoms with Gasteiger partial charge < -0.3 is 16.2 Å². The van der Waals surface area contributed by atoms with Crippen LogP contribution in [0.2, 0.25) is 0 Å². The van der Waals surface area contributed by atoms with Crippen LogP contribution in [0, 0.1) is 0 Å². The lowest BCUT2D eigenvalue weighted by Gasteiger charge is -2.07. The highest BCUT2D eigenvalue weighted by atomic mass is 16.4. The van der Waals surface area contributed by atoms with Gasteiger partial charge in [0.1, 0.15) is 0 Å². The van der Waals surface area contributed by atoms with Gasteiger partial charge in [-0.15, -0.1) is 0 Å². The summed E-state index contributed by atoms with van der Waals surface area (Å²) in [5, 5.41) is 11.2. The molecule has 0 bridgehead atoms. The van der Waals surface area contributed by atoms with Crippen LogP contribution < -0.4 is 11.1 Å². The van der Waals surface area contributed by atoms with E-state index in [2.05, 4.69) is 5.32 Å². The quantitative estimate of drug-likeness (QED) is 0.700. The Morgan fingerprint density at radius 3 is 2.27 bits per heavy atom. The second-order valence-electron chi connectivity index (χ2n) is 3.17. The molecule has 0 aliphatic rings. The third-order valence-corrected chi connectivity index (χ3v) is 2.05. The van der Waals surface area contributed by atoms with Crippen molar-refractivity contribution in [1.82, 2.24) is 0 Å². The smallest absolute Gasteiger partial charge is 0.316 e. The van der Waals surface area contributed by atoms with Gasteiger partial charge in [-0.1, -0.05) is 12.1 Å². The van der Waals surface area contributed by atoms with E-state index in [4.69, 9.17) is 10.8 Å². The van der Waals surface area contributed by atoms with Gasteiger partial charge in [-0.25, -0.2) is 4.79 Å². The van der Waals surface area contributed by atoms with E-state index in [1.807, 2.05) is 0 Å². The highest BCUT2D eigenvalue weighted by Gasteiger charge is 2.12. The van der Waals surface area contributed by atoms with Gasteiger partial charge in [-0.3, -0.25) is 4.79 Å². The number of nitrogens with two attached hydrogens (primary N) is 1. The van der Waals surface area contributed by atoms with Crippen LogP contribution in [0.5, 0.6) is 0 Å². The number of anilines is 1. The number of primary amides is 1. The van der Waals surface area contributed by atoms with Crippen molar-refractivity contribution < 1.29 is 14.7 Å². The second kappa shape index (κ2) is 4.45. The first-order chi connectivity index (χ1) is 7.00. The average Bonchev–Trinajstić information content (AvgIpc) is 2.17. The lowest BCUT2D eigenvalue weighted by atomic mass is 10.0. The van der Waals surface area contributed by atoms with Crippen LogP contribution in [-0.2, 0) is 4.79 Å². The van der Waals surface area contributed by atoms with Gasteiger partial charge in [0.05, 0.1) is 5.92 Å². The van der Waals surface area contributed by atoms with Crippen LogP contribution in [0.3, 0.4) is 0 Å².